The number of carbonyl (C=O) groups is 2. The molecule has 18 heavy (non-hydrogen) atoms. The van der Waals surface area contributed by atoms with Gasteiger partial charge in [-0.1, -0.05) is 0 Å². The van der Waals surface area contributed by atoms with E-state index in [1.807, 2.05) is 6.92 Å². The van der Waals surface area contributed by atoms with Crippen molar-refractivity contribution in [2.24, 2.45) is 0 Å². The molecule has 0 aromatic heterocycles. The van der Waals surface area contributed by atoms with Crippen LogP contribution >= 0.6 is 0 Å². The van der Waals surface area contributed by atoms with Gasteiger partial charge in [0.15, 0.2) is 0 Å². The summed E-state index contributed by atoms with van der Waals surface area (Å²) in [4.78, 5) is 26.2. The minimum atomic E-state index is -0.874. The van der Waals surface area contributed by atoms with Crippen LogP contribution in [0, 0.1) is 0 Å². The van der Waals surface area contributed by atoms with E-state index in [2.05, 4.69) is 17.3 Å². The van der Waals surface area contributed by atoms with Crippen molar-refractivity contribution in [3.63, 3.8) is 0 Å². The first kappa shape index (κ1) is 14.8. The Labute approximate surface area is 108 Å². The number of nitrogens with one attached hydrogen (secondary N) is 1. The number of urea groups is 1. The third kappa shape index (κ3) is 4.91. The van der Waals surface area contributed by atoms with Crippen LogP contribution < -0.4 is 5.32 Å². The summed E-state index contributed by atoms with van der Waals surface area (Å²) in [5.74, 6) is -0.874. The summed E-state index contributed by atoms with van der Waals surface area (Å²) in [6, 6.07) is 0.0703. The van der Waals surface area contributed by atoms with Gasteiger partial charge in [0.05, 0.1) is 6.42 Å². The van der Waals surface area contributed by atoms with Crippen LogP contribution in [0.1, 0.15) is 26.2 Å². The van der Waals surface area contributed by atoms with E-state index in [0.717, 1.165) is 25.9 Å². The lowest BCUT2D eigenvalue weighted by molar-refractivity contribution is -0.137. The van der Waals surface area contributed by atoms with E-state index in [0.29, 0.717) is 6.54 Å². The third-order valence-electron chi connectivity index (χ3n) is 3.31. The molecule has 0 aromatic rings. The molecule has 1 aliphatic rings. The zero-order valence-electron chi connectivity index (χ0n) is 11.2. The summed E-state index contributed by atoms with van der Waals surface area (Å²) in [6.07, 6.45) is 1.91. The third-order valence-corrected chi connectivity index (χ3v) is 3.31. The summed E-state index contributed by atoms with van der Waals surface area (Å²) in [5, 5.41) is 11.6. The molecule has 0 aromatic carbocycles. The molecule has 0 spiro atoms. The van der Waals surface area contributed by atoms with Crippen molar-refractivity contribution in [2.75, 3.05) is 33.2 Å². The molecule has 2 N–H and O–H groups in total. The molecular weight excluding hydrogens is 234 g/mol. The predicted octanol–water partition coefficient (Wildman–Crippen LogP) is 0.587. The zero-order valence-corrected chi connectivity index (χ0v) is 11.2. The molecule has 1 rings (SSSR count). The van der Waals surface area contributed by atoms with Crippen molar-refractivity contribution >= 4 is 12.0 Å². The molecule has 6 nitrogen and oxygen atoms in total. The van der Waals surface area contributed by atoms with Gasteiger partial charge in [0.2, 0.25) is 0 Å². The number of nitrogens with zero attached hydrogens (tertiary/aromatic N) is 2. The van der Waals surface area contributed by atoms with Gasteiger partial charge in [0, 0.05) is 19.1 Å². The van der Waals surface area contributed by atoms with Crippen LogP contribution in [-0.4, -0.2) is 66.2 Å². The van der Waals surface area contributed by atoms with Gasteiger partial charge in [-0.2, -0.15) is 0 Å². The molecule has 1 saturated heterocycles. The van der Waals surface area contributed by atoms with Crippen LogP contribution in [0.5, 0.6) is 0 Å². The molecule has 2 amide bonds. The van der Waals surface area contributed by atoms with Crippen LogP contribution in [-0.2, 0) is 4.79 Å². The van der Waals surface area contributed by atoms with E-state index in [1.165, 1.54) is 0 Å². The summed E-state index contributed by atoms with van der Waals surface area (Å²) in [7, 11) is 2.07. The highest BCUT2D eigenvalue weighted by atomic mass is 16.4. The molecule has 104 valence electrons. The number of piperidine rings is 1. The minimum Gasteiger partial charge on any atom is -0.481 e. The van der Waals surface area contributed by atoms with Gasteiger partial charge < -0.3 is 20.2 Å². The molecule has 6 heteroatoms. The highest BCUT2D eigenvalue weighted by Gasteiger charge is 2.21. The second-order valence-corrected chi connectivity index (χ2v) is 4.75. The smallest absolute Gasteiger partial charge is 0.317 e. The summed E-state index contributed by atoms with van der Waals surface area (Å²) in [5.41, 5.74) is 0. The number of likely N-dealkylation sites (tertiary alicyclic amines) is 1. The van der Waals surface area contributed by atoms with Crippen molar-refractivity contribution in [3.8, 4) is 0 Å². The monoisotopic (exact) mass is 257 g/mol. The fraction of sp³-hybridized carbons (Fsp3) is 0.833. The van der Waals surface area contributed by atoms with E-state index in [4.69, 9.17) is 5.11 Å². The maximum atomic E-state index is 11.9. The van der Waals surface area contributed by atoms with Crippen LogP contribution in [0.2, 0.25) is 0 Å². The van der Waals surface area contributed by atoms with E-state index < -0.39 is 5.97 Å². The average Bonchev–Trinajstić information content (AvgIpc) is 2.32. The number of hydrogen-bond donors (Lipinski definition) is 2. The maximum Gasteiger partial charge on any atom is 0.317 e. The Hall–Kier alpha value is -1.30. The second kappa shape index (κ2) is 7.20. The van der Waals surface area contributed by atoms with Gasteiger partial charge in [0.25, 0.3) is 0 Å². The molecular formula is C12H23N3O3. The number of amides is 2. The molecule has 1 fully saturated rings. The summed E-state index contributed by atoms with van der Waals surface area (Å²) in [6.45, 7) is 4.64. The maximum absolute atomic E-state index is 11.9. The van der Waals surface area contributed by atoms with Gasteiger partial charge in [-0.15, -0.1) is 0 Å². The van der Waals surface area contributed by atoms with Crippen molar-refractivity contribution in [2.45, 2.75) is 32.2 Å². The number of carbonyl (C=O) groups excluding carboxylic acids is 1. The Morgan fingerprint density at radius 1 is 1.39 bits per heavy atom. The van der Waals surface area contributed by atoms with Gasteiger partial charge in [-0.05, 0) is 39.9 Å². The standard InChI is InChI=1S/C12H23N3O3/c1-3-15(9-6-11(16)17)12(18)13-10-4-7-14(2)8-5-10/h10H,3-9H2,1-2H3,(H,13,18)(H,16,17). The highest BCUT2D eigenvalue weighted by Crippen LogP contribution is 2.08. The van der Waals surface area contributed by atoms with Crippen LogP contribution in [0.15, 0.2) is 0 Å². The molecule has 0 bridgehead atoms. The topological polar surface area (TPSA) is 72.9 Å². The number of hydrogen-bond acceptors (Lipinski definition) is 3. The summed E-state index contributed by atoms with van der Waals surface area (Å²) < 4.78 is 0. The van der Waals surface area contributed by atoms with E-state index in [9.17, 15) is 9.59 Å². The quantitative estimate of drug-likeness (QED) is 0.756. The minimum absolute atomic E-state index is 0.00529. The first-order valence-electron chi connectivity index (χ1n) is 6.48. The SMILES string of the molecule is CCN(CCC(=O)O)C(=O)NC1CCN(C)CC1. The molecule has 0 saturated carbocycles. The average molecular weight is 257 g/mol. The van der Waals surface area contributed by atoms with Gasteiger partial charge in [-0.25, -0.2) is 4.79 Å². The number of carboxylic acid groups (broad SMARTS) is 1. The molecule has 0 unspecified atom stereocenters. The van der Waals surface area contributed by atoms with E-state index in [-0.39, 0.29) is 25.0 Å². The lowest BCUT2D eigenvalue weighted by Gasteiger charge is -2.31. The van der Waals surface area contributed by atoms with Crippen molar-refractivity contribution < 1.29 is 14.7 Å². The Kier molecular flexibility index (Phi) is 5.91. The first-order valence-corrected chi connectivity index (χ1v) is 6.48. The fourth-order valence-corrected chi connectivity index (χ4v) is 2.05. The first-order chi connectivity index (χ1) is 8.52. The van der Waals surface area contributed by atoms with Crippen LogP contribution in [0.3, 0.4) is 0 Å². The Balaban J connectivity index is 2.35. The van der Waals surface area contributed by atoms with Crippen molar-refractivity contribution in [1.29, 1.82) is 0 Å². The van der Waals surface area contributed by atoms with Crippen molar-refractivity contribution in [3.05, 3.63) is 0 Å². The second-order valence-electron chi connectivity index (χ2n) is 4.75. The fourth-order valence-electron chi connectivity index (χ4n) is 2.05. The van der Waals surface area contributed by atoms with Crippen LogP contribution in [0.4, 0.5) is 4.79 Å². The lowest BCUT2D eigenvalue weighted by atomic mass is 10.1. The largest absolute Gasteiger partial charge is 0.481 e. The van der Waals surface area contributed by atoms with Gasteiger partial charge in [-0.3, -0.25) is 4.79 Å². The Bertz CT molecular complexity index is 288. The van der Waals surface area contributed by atoms with E-state index >= 15 is 0 Å². The zero-order chi connectivity index (χ0) is 13.5. The van der Waals surface area contributed by atoms with Gasteiger partial charge >= 0.3 is 12.0 Å². The predicted molar refractivity (Wildman–Crippen MR) is 68.6 cm³/mol. The van der Waals surface area contributed by atoms with E-state index in [1.54, 1.807) is 4.90 Å². The highest BCUT2D eigenvalue weighted by molar-refractivity contribution is 5.75. The summed E-state index contributed by atoms with van der Waals surface area (Å²) >= 11 is 0. The number of carboxylic acids is 1. The molecule has 0 radical (unpaired) electrons. The number of rotatable bonds is 5. The molecule has 0 atom stereocenters. The molecule has 1 aliphatic heterocycles. The molecule has 1 heterocycles. The Morgan fingerprint density at radius 2 is 2.00 bits per heavy atom. The van der Waals surface area contributed by atoms with Crippen molar-refractivity contribution in [1.82, 2.24) is 15.1 Å². The van der Waals surface area contributed by atoms with Gasteiger partial charge in [0.1, 0.15) is 0 Å². The number of aliphatic carboxylic acids is 1. The Morgan fingerprint density at radius 3 is 2.50 bits per heavy atom. The normalized spacial score (nSPS) is 17.4. The molecule has 0 aliphatic carbocycles. The lowest BCUT2D eigenvalue weighted by Crippen LogP contribution is -2.49. The van der Waals surface area contributed by atoms with Crippen LogP contribution in [0.25, 0.3) is 0 Å².